The van der Waals surface area contributed by atoms with Crippen molar-refractivity contribution in [3.8, 4) is 6.07 Å². The Labute approximate surface area is 139 Å². The van der Waals surface area contributed by atoms with Crippen LogP contribution in [0.5, 0.6) is 0 Å². The molecule has 5 nitrogen and oxygen atoms in total. The van der Waals surface area contributed by atoms with E-state index in [0.29, 0.717) is 17.3 Å². The number of carbonyl (C=O) groups is 1. The summed E-state index contributed by atoms with van der Waals surface area (Å²) in [6.45, 7) is 2.64. The van der Waals surface area contributed by atoms with E-state index in [0.717, 1.165) is 24.1 Å². The molecule has 1 aromatic heterocycles. The zero-order valence-electron chi connectivity index (χ0n) is 12.8. The Morgan fingerprint density at radius 2 is 1.96 bits per heavy atom. The molecule has 1 amide bonds. The Morgan fingerprint density at radius 3 is 2.61 bits per heavy atom. The molecule has 2 heterocycles. The van der Waals surface area contributed by atoms with Crippen LogP contribution in [0.15, 0.2) is 41.8 Å². The molecule has 1 aliphatic heterocycles. The van der Waals surface area contributed by atoms with Crippen LogP contribution in [0, 0.1) is 18.3 Å². The number of aryl methyl sites for hydroxylation is 1. The lowest BCUT2D eigenvalue weighted by Gasteiger charge is -2.31. The van der Waals surface area contributed by atoms with Crippen molar-refractivity contribution in [3.05, 3.63) is 47.8 Å². The number of nitriles is 1. The average molecular weight is 324 g/mol. The van der Waals surface area contributed by atoms with E-state index in [9.17, 15) is 4.79 Å². The largest absolute Gasteiger partial charge is 0.311 e. The minimum absolute atomic E-state index is 0.0788. The van der Waals surface area contributed by atoms with E-state index < -0.39 is 0 Å². The van der Waals surface area contributed by atoms with Crippen LogP contribution in [0.3, 0.4) is 0 Å². The molecule has 1 fully saturated rings. The molecule has 1 unspecified atom stereocenters. The number of piperidine rings is 1. The Hall–Kier alpha value is -2.39. The number of carbonyl (C=O) groups excluding carboxylic acids is 1. The molecule has 0 N–H and O–H groups in total. The Balaban J connectivity index is 1.75. The predicted molar refractivity (Wildman–Crippen MR) is 89.2 cm³/mol. The molecule has 23 heavy (non-hydrogen) atoms. The van der Waals surface area contributed by atoms with Crippen molar-refractivity contribution in [2.45, 2.75) is 30.2 Å². The van der Waals surface area contributed by atoms with Crippen molar-refractivity contribution in [2.75, 3.05) is 11.4 Å². The van der Waals surface area contributed by atoms with Gasteiger partial charge in [-0.3, -0.25) is 4.79 Å². The molecular formula is C17H16N4OS. The number of nitrogens with zero attached hydrogens (tertiary/aromatic N) is 4. The van der Waals surface area contributed by atoms with Crippen LogP contribution in [0.4, 0.5) is 5.69 Å². The molecule has 0 bridgehead atoms. The molecule has 3 rings (SSSR count). The predicted octanol–water partition coefficient (Wildman–Crippen LogP) is 2.94. The third-order valence-corrected chi connectivity index (χ3v) is 4.85. The first-order chi connectivity index (χ1) is 11.2. The highest BCUT2D eigenvalue weighted by molar-refractivity contribution is 8.00. The minimum Gasteiger partial charge on any atom is -0.311 e. The maximum Gasteiger partial charge on any atom is 0.240 e. The number of amides is 1. The number of thioether (sulfide) groups is 1. The van der Waals surface area contributed by atoms with E-state index in [1.807, 2.05) is 19.1 Å². The third-order valence-electron chi connectivity index (χ3n) is 3.70. The van der Waals surface area contributed by atoms with E-state index in [1.165, 1.54) is 11.8 Å². The first-order valence-corrected chi connectivity index (χ1v) is 8.32. The first-order valence-electron chi connectivity index (χ1n) is 7.44. The second-order valence-corrected chi connectivity index (χ2v) is 6.61. The van der Waals surface area contributed by atoms with Gasteiger partial charge in [-0.05, 0) is 49.6 Å². The summed E-state index contributed by atoms with van der Waals surface area (Å²) in [7, 11) is 0. The minimum atomic E-state index is -0.165. The normalized spacial score (nSPS) is 17.8. The van der Waals surface area contributed by atoms with Gasteiger partial charge < -0.3 is 4.90 Å². The summed E-state index contributed by atoms with van der Waals surface area (Å²) in [5, 5.41) is 9.34. The van der Waals surface area contributed by atoms with Crippen LogP contribution in [-0.2, 0) is 4.79 Å². The van der Waals surface area contributed by atoms with Gasteiger partial charge >= 0.3 is 0 Å². The van der Waals surface area contributed by atoms with Gasteiger partial charge in [-0.1, -0.05) is 11.8 Å². The molecule has 2 aromatic rings. The van der Waals surface area contributed by atoms with E-state index >= 15 is 0 Å². The molecule has 1 atom stereocenters. The smallest absolute Gasteiger partial charge is 0.240 e. The maximum absolute atomic E-state index is 12.7. The van der Waals surface area contributed by atoms with Gasteiger partial charge in [0, 0.05) is 24.6 Å². The maximum atomic E-state index is 12.7. The fourth-order valence-corrected chi connectivity index (χ4v) is 3.49. The van der Waals surface area contributed by atoms with Gasteiger partial charge in [0.15, 0.2) is 5.16 Å². The van der Waals surface area contributed by atoms with Crippen molar-refractivity contribution in [1.82, 2.24) is 9.97 Å². The fourth-order valence-electron chi connectivity index (χ4n) is 2.49. The summed E-state index contributed by atoms with van der Waals surface area (Å²) in [5.41, 5.74) is 2.44. The number of benzene rings is 1. The highest BCUT2D eigenvalue weighted by Crippen LogP contribution is 2.30. The SMILES string of the molecule is Cc1cnc(SC2CCCN(c3ccc(C#N)cc3)C2=O)nc1. The van der Waals surface area contributed by atoms with Crippen molar-refractivity contribution in [3.63, 3.8) is 0 Å². The highest BCUT2D eigenvalue weighted by atomic mass is 32.2. The molecule has 116 valence electrons. The van der Waals surface area contributed by atoms with Crippen molar-refractivity contribution in [2.24, 2.45) is 0 Å². The standard InChI is InChI=1S/C17H16N4OS/c1-12-10-19-17(20-11-12)23-15-3-2-8-21(16(15)22)14-6-4-13(9-18)5-7-14/h4-7,10-11,15H,2-3,8H2,1H3. The van der Waals surface area contributed by atoms with Gasteiger partial charge in [-0.15, -0.1) is 0 Å². The first kappa shape index (κ1) is 15.5. The topological polar surface area (TPSA) is 69.9 Å². The second kappa shape index (κ2) is 6.80. The molecule has 1 aromatic carbocycles. The van der Waals surface area contributed by atoms with Crippen LogP contribution in [-0.4, -0.2) is 27.7 Å². The van der Waals surface area contributed by atoms with Crippen molar-refractivity contribution < 1.29 is 4.79 Å². The number of hydrogen-bond donors (Lipinski definition) is 0. The van der Waals surface area contributed by atoms with Crippen LogP contribution in [0.25, 0.3) is 0 Å². The van der Waals surface area contributed by atoms with E-state index in [1.54, 1.807) is 29.4 Å². The zero-order valence-corrected chi connectivity index (χ0v) is 13.6. The lowest BCUT2D eigenvalue weighted by atomic mass is 10.1. The van der Waals surface area contributed by atoms with E-state index in [4.69, 9.17) is 5.26 Å². The van der Waals surface area contributed by atoms with Gasteiger partial charge in [0.25, 0.3) is 0 Å². The van der Waals surface area contributed by atoms with E-state index in [2.05, 4.69) is 16.0 Å². The Bertz CT molecular complexity index is 737. The summed E-state index contributed by atoms with van der Waals surface area (Å²) in [6, 6.07) is 9.22. The van der Waals surface area contributed by atoms with Gasteiger partial charge in [0.2, 0.25) is 5.91 Å². The average Bonchev–Trinajstić information content (AvgIpc) is 2.59. The fraction of sp³-hybridized carbons (Fsp3) is 0.294. The number of aromatic nitrogens is 2. The molecular weight excluding hydrogens is 308 g/mol. The molecule has 0 aliphatic carbocycles. The summed E-state index contributed by atoms with van der Waals surface area (Å²) in [4.78, 5) is 23.1. The summed E-state index contributed by atoms with van der Waals surface area (Å²) in [5.74, 6) is 0.0788. The Kier molecular flexibility index (Phi) is 4.58. The Morgan fingerprint density at radius 1 is 1.26 bits per heavy atom. The van der Waals surface area contributed by atoms with E-state index in [-0.39, 0.29) is 11.2 Å². The molecule has 1 saturated heterocycles. The highest BCUT2D eigenvalue weighted by Gasteiger charge is 2.31. The van der Waals surface area contributed by atoms with Crippen LogP contribution in [0.1, 0.15) is 24.0 Å². The lowest BCUT2D eigenvalue weighted by molar-refractivity contribution is -0.119. The van der Waals surface area contributed by atoms with Crippen LogP contribution >= 0.6 is 11.8 Å². The van der Waals surface area contributed by atoms with Crippen LogP contribution in [0.2, 0.25) is 0 Å². The monoisotopic (exact) mass is 324 g/mol. The number of hydrogen-bond acceptors (Lipinski definition) is 5. The molecule has 0 spiro atoms. The lowest BCUT2D eigenvalue weighted by Crippen LogP contribution is -2.43. The molecule has 1 aliphatic rings. The number of rotatable bonds is 3. The zero-order chi connectivity index (χ0) is 16.2. The van der Waals surface area contributed by atoms with Crippen molar-refractivity contribution >= 4 is 23.4 Å². The quantitative estimate of drug-likeness (QED) is 0.812. The van der Waals surface area contributed by atoms with Gasteiger partial charge in [-0.25, -0.2) is 9.97 Å². The van der Waals surface area contributed by atoms with Gasteiger partial charge in [0.1, 0.15) is 0 Å². The third kappa shape index (κ3) is 3.51. The van der Waals surface area contributed by atoms with Gasteiger partial charge in [-0.2, -0.15) is 5.26 Å². The summed E-state index contributed by atoms with van der Waals surface area (Å²) in [6.07, 6.45) is 5.30. The van der Waals surface area contributed by atoms with Gasteiger partial charge in [0.05, 0.1) is 16.9 Å². The number of anilines is 1. The van der Waals surface area contributed by atoms with Crippen LogP contribution < -0.4 is 4.90 Å². The summed E-state index contributed by atoms with van der Waals surface area (Å²) >= 11 is 1.42. The molecule has 0 saturated carbocycles. The second-order valence-electron chi connectivity index (χ2n) is 5.44. The molecule has 0 radical (unpaired) electrons. The van der Waals surface area contributed by atoms with Crippen molar-refractivity contribution in [1.29, 1.82) is 5.26 Å². The molecule has 6 heteroatoms. The summed E-state index contributed by atoms with van der Waals surface area (Å²) < 4.78 is 0.